The monoisotopic (exact) mass is 393 g/mol. The highest BCUT2D eigenvalue weighted by Gasteiger charge is 2.25. The Morgan fingerprint density at radius 1 is 1.00 bits per heavy atom. The first kappa shape index (κ1) is 21.1. The van der Waals surface area contributed by atoms with Gasteiger partial charge in [-0.15, -0.1) is 0 Å². The Morgan fingerprint density at radius 2 is 1.69 bits per heavy atom. The van der Waals surface area contributed by atoms with Crippen molar-refractivity contribution in [2.75, 3.05) is 0 Å². The summed E-state index contributed by atoms with van der Waals surface area (Å²) >= 11 is 0. The second-order valence-corrected chi connectivity index (χ2v) is 7.96. The van der Waals surface area contributed by atoms with Crippen LogP contribution >= 0.6 is 0 Å². The van der Waals surface area contributed by atoms with E-state index in [1.54, 1.807) is 12.1 Å². The minimum atomic E-state index is -0.922. The molecule has 2 aromatic rings. The fraction of sp³-hybridized carbons (Fsp3) is 0.440. The largest absolute Gasteiger partial charge is 0.478 e. The third kappa shape index (κ3) is 5.47. The Kier molecular flexibility index (Phi) is 7.45. The molecule has 1 saturated carbocycles. The lowest BCUT2D eigenvalue weighted by molar-refractivity contribution is -0.135. The summed E-state index contributed by atoms with van der Waals surface area (Å²) in [6.45, 7) is 2.75. The third-order valence-corrected chi connectivity index (χ3v) is 5.86. The van der Waals surface area contributed by atoms with Crippen LogP contribution in [0.15, 0.2) is 48.5 Å². The first-order chi connectivity index (χ1) is 14.1. The number of rotatable bonds is 8. The van der Waals surface area contributed by atoms with Crippen molar-refractivity contribution in [1.29, 1.82) is 0 Å². The van der Waals surface area contributed by atoms with E-state index in [9.17, 15) is 14.7 Å². The molecule has 1 aliphatic rings. The van der Waals surface area contributed by atoms with Gasteiger partial charge in [0.1, 0.15) is 0 Å². The van der Waals surface area contributed by atoms with Gasteiger partial charge >= 0.3 is 5.97 Å². The average Bonchev–Trinajstić information content (AvgIpc) is 2.76. The third-order valence-electron chi connectivity index (χ3n) is 5.86. The Hall–Kier alpha value is -2.62. The maximum Gasteiger partial charge on any atom is 0.336 e. The Bertz CT molecular complexity index is 822. The number of aromatic carboxylic acids is 1. The number of carbonyl (C=O) groups is 2. The minimum Gasteiger partial charge on any atom is -0.478 e. The summed E-state index contributed by atoms with van der Waals surface area (Å²) in [6.07, 6.45) is 8.46. The molecule has 4 heteroatoms. The summed E-state index contributed by atoms with van der Waals surface area (Å²) in [5.74, 6) is -0.659. The molecule has 3 rings (SSSR count). The molecule has 2 aromatic carbocycles. The summed E-state index contributed by atoms with van der Waals surface area (Å²) in [5, 5.41) is 9.43. The van der Waals surface area contributed by atoms with E-state index < -0.39 is 5.97 Å². The molecule has 0 bridgehead atoms. The molecule has 1 N–H and O–H groups in total. The van der Waals surface area contributed by atoms with Gasteiger partial charge in [-0.1, -0.05) is 75.1 Å². The first-order valence-corrected chi connectivity index (χ1v) is 10.8. The van der Waals surface area contributed by atoms with Crippen molar-refractivity contribution in [2.24, 2.45) is 0 Å². The van der Waals surface area contributed by atoms with E-state index in [1.165, 1.54) is 19.3 Å². The smallest absolute Gasteiger partial charge is 0.336 e. The van der Waals surface area contributed by atoms with Crippen molar-refractivity contribution < 1.29 is 14.7 Å². The molecule has 1 fully saturated rings. The minimum absolute atomic E-state index is 0.263. The van der Waals surface area contributed by atoms with Gasteiger partial charge in [-0.3, -0.25) is 4.79 Å². The van der Waals surface area contributed by atoms with Gasteiger partial charge in [0.15, 0.2) is 0 Å². The van der Waals surface area contributed by atoms with Crippen LogP contribution in [-0.4, -0.2) is 27.9 Å². The van der Waals surface area contributed by atoms with E-state index in [4.69, 9.17) is 0 Å². The van der Waals surface area contributed by atoms with E-state index in [2.05, 4.69) is 11.8 Å². The highest BCUT2D eigenvalue weighted by Crippen LogP contribution is 2.27. The summed E-state index contributed by atoms with van der Waals surface area (Å²) in [6, 6.07) is 15.4. The molecule has 29 heavy (non-hydrogen) atoms. The van der Waals surface area contributed by atoms with Crippen LogP contribution in [0, 0.1) is 0 Å². The lowest BCUT2D eigenvalue weighted by atomic mass is 9.93. The molecule has 0 aliphatic heterocycles. The van der Waals surface area contributed by atoms with Crippen LogP contribution in [0.2, 0.25) is 0 Å². The van der Waals surface area contributed by atoms with Crippen LogP contribution in [0.3, 0.4) is 0 Å². The number of hydrogen-bond acceptors (Lipinski definition) is 2. The van der Waals surface area contributed by atoms with E-state index in [-0.39, 0.29) is 5.91 Å². The molecule has 0 unspecified atom stereocenters. The van der Waals surface area contributed by atoms with Crippen LogP contribution < -0.4 is 0 Å². The predicted octanol–water partition coefficient (Wildman–Crippen LogP) is 5.90. The molecule has 4 nitrogen and oxygen atoms in total. The first-order valence-electron chi connectivity index (χ1n) is 10.8. The number of carboxylic acid groups (broad SMARTS) is 1. The Morgan fingerprint density at radius 3 is 2.34 bits per heavy atom. The molecular weight excluding hydrogens is 362 g/mol. The standard InChI is InChI=1S/C25H31NO3/c1-2-3-13-24(27)26(21-9-5-4-6-10-21)18-19-14-16-20(17-15-19)22-11-7-8-12-23(22)25(28)29/h7-8,11-12,14-17,21H,2-6,9-10,13,18H2,1H3,(H,28,29). The Balaban J connectivity index is 1.78. The second kappa shape index (κ2) is 10.2. The van der Waals surface area contributed by atoms with Crippen LogP contribution in [0.25, 0.3) is 11.1 Å². The number of carboxylic acids is 1. The van der Waals surface area contributed by atoms with E-state index in [0.29, 0.717) is 24.6 Å². The topological polar surface area (TPSA) is 57.6 Å². The lowest BCUT2D eigenvalue weighted by Gasteiger charge is -2.34. The zero-order valence-corrected chi connectivity index (χ0v) is 17.3. The zero-order chi connectivity index (χ0) is 20.6. The van der Waals surface area contributed by atoms with Gasteiger partial charge in [0, 0.05) is 19.0 Å². The molecule has 154 valence electrons. The average molecular weight is 394 g/mol. The number of amides is 1. The fourth-order valence-electron chi connectivity index (χ4n) is 4.19. The van der Waals surface area contributed by atoms with Gasteiger partial charge in [-0.2, -0.15) is 0 Å². The summed E-state index contributed by atoms with van der Waals surface area (Å²) in [4.78, 5) is 26.5. The highest BCUT2D eigenvalue weighted by atomic mass is 16.4. The van der Waals surface area contributed by atoms with Gasteiger partial charge in [-0.25, -0.2) is 4.79 Å². The molecule has 1 amide bonds. The van der Waals surface area contributed by atoms with Gasteiger partial charge in [-0.05, 0) is 42.0 Å². The van der Waals surface area contributed by atoms with E-state index >= 15 is 0 Å². The second-order valence-electron chi connectivity index (χ2n) is 7.96. The molecule has 0 aromatic heterocycles. The van der Waals surface area contributed by atoms with Crippen molar-refractivity contribution in [1.82, 2.24) is 4.90 Å². The molecular formula is C25H31NO3. The lowest BCUT2D eigenvalue weighted by Crippen LogP contribution is -2.40. The number of hydrogen-bond donors (Lipinski definition) is 1. The van der Waals surface area contributed by atoms with Gasteiger partial charge in [0.25, 0.3) is 0 Å². The number of carbonyl (C=O) groups excluding carboxylic acids is 1. The SMILES string of the molecule is CCCCC(=O)N(Cc1ccc(-c2ccccc2C(=O)O)cc1)C1CCCCC1. The van der Waals surface area contributed by atoms with Crippen molar-refractivity contribution in [3.05, 3.63) is 59.7 Å². The van der Waals surface area contributed by atoms with Crippen LogP contribution in [-0.2, 0) is 11.3 Å². The van der Waals surface area contributed by atoms with Gasteiger partial charge < -0.3 is 10.0 Å². The van der Waals surface area contributed by atoms with Crippen molar-refractivity contribution in [2.45, 2.75) is 70.9 Å². The van der Waals surface area contributed by atoms with Crippen LogP contribution in [0.4, 0.5) is 0 Å². The molecule has 0 heterocycles. The summed E-state index contributed by atoms with van der Waals surface area (Å²) in [5.41, 5.74) is 3.00. The molecule has 0 saturated heterocycles. The molecule has 1 aliphatic carbocycles. The van der Waals surface area contributed by atoms with Gasteiger partial charge in [0.05, 0.1) is 5.56 Å². The number of benzene rings is 2. The normalized spacial score (nSPS) is 14.5. The number of unbranched alkanes of at least 4 members (excludes halogenated alkanes) is 1. The molecule has 0 spiro atoms. The van der Waals surface area contributed by atoms with Crippen LogP contribution in [0.5, 0.6) is 0 Å². The van der Waals surface area contributed by atoms with E-state index in [1.807, 2.05) is 36.4 Å². The van der Waals surface area contributed by atoms with Gasteiger partial charge in [0.2, 0.25) is 5.91 Å². The Labute approximate surface area is 173 Å². The molecule has 0 atom stereocenters. The summed E-state index contributed by atoms with van der Waals surface area (Å²) in [7, 11) is 0. The maximum absolute atomic E-state index is 12.9. The van der Waals surface area contributed by atoms with Crippen molar-refractivity contribution in [3.63, 3.8) is 0 Å². The zero-order valence-electron chi connectivity index (χ0n) is 17.3. The van der Waals surface area contributed by atoms with Crippen molar-refractivity contribution >= 4 is 11.9 Å². The van der Waals surface area contributed by atoms with Crippen molar-refractivity contribution in [3.8, 4) is 11.1 Å². The maximum atomic E-state index is 12.9. The predicted molar refractivity (Wildman–Crippen MR) is 116 cm³/mol. The highest BCUT2D eigenvalue weighted by molar-refractivity contribution is 5.96. The van der Waals surface area contributed by atoms with Crippen LogP contribution in [0.1, 0.15) is 74.2 Å². The summed E-state index contributed by atoms with van der Waals surface area (Å²) < 4.78 is 0. The fourth-order valence-corrected chi connectivity index (χ4v) is 4.19. The number of nitrogens with zero attached hydrogens (tertiary/aromatic N) is 1. The molecule has 0 radical (unpaired) electrons. The quantitative estimate of drug-likeness (QED) is 0.607. The van der Waals surface area contributed by atoms with E-state index in [0.717, 1.165) is 42.4 Å².